The van der Waals surface area contributed by atoms with Gasteiger partial charge in [-0.2, -0.15) is 0 Å². The third-order valence-electron chi connectivity index (χ3n) is 4.84. The van der Waals surface area contributed by atoms with Gasteiger partial charge in [0.1, 0.15) is 11.5 Å². The predicted octanol–water partition coefficient (Wildman–Crippen LogP) is 2.48. The average molecular weight is 354 g/mol. The summed E-state index contributed by atoms with van der Waals surface area (Å²) in [6, 6.07) is 1.28. The van der Waals surface area contributed by atoms with Crippen molar-refractivity contribution >= 4 is 15.9 Å². The number of hydrogen-bond donors (Lipinski definition) is 2. The van der Waals surface area contributed by atoms with E-state index in [1.54, 1.807) is 0 Å². The van der Waals surface area contributed by atoms with Crippen molar-refractivity contribution < 1.29 is 17.6 Å². The molecule has 2 amide bonds. The van der Waals surface area contributed by atoms with Gasteiger partial charge in [-0.15, -0.1) is 0 Å². The zero-order chi connectivity index (χ0) is 17.5. The number of hydrogen-bond acceptors (Lipinski definition) is 4. The Balaban J connectivity index is 1.68. The first-order chi connectivity index (χ1) is 11.1. The van der Waals surface area contributed by atoms with Crippen LogP contribution in [0.3, 0.4) is 0 Å². The Morgan fingerprint density at radius 1 is 1.33 bits per heavy atom. The van der Waals surface area contributed by atoms with Crippen molar-refractivity contribution in [2.75, 3.05) is 11.5 Å². The highest BCUT2D eigenvalue weighted by molar-refractivity contribution is 7.91. The molecule has 0 radical (unpaired) electrons. The number of furan rings is 1. The minimum atomic E-state index is -3.03. The SMILES string of the molecule is Cc1cc2c(o1)CC(C)(C)C[C@@H]2NC(=O)N[C@H]1CCCS(=O)(=O)C1. The van der Waals surface area contributed by atoms with Gasteiger partial charge < -0.3 is 15.1 Å². The highest BCUT2D eigenvalue weighted by Crippen LogP contribution is 2.41. The zero-order valence-electron chi connectivity index (χ0n) is 14.5. The topological polar surface area (TPSA) is 88.4 Å². The number of carbonyl (C=O) groups excluding carboxylic acids is 1. The summed E-state index contributed by atoms with van der Waals surface area (Å²) in [4.78, 5) is 12.4. The van der Waals surface area contributed by atoms with Crippen molar-refractivity contribution in [1.29, 1.82) is 0 Å². The molecular weight excluding hydrogens is 328 g/mol. The Kier molecular flexibility index (Phi) is 4.40. The molecule has 1 aromatic rings. The molecule has 2 aliphatic rings. The van der Waals surface area contributed by atoms with Gasteiger partial charge in [-0.1, -0.05) is 13.8 Å². The van der Waals surface area contributed by atoms with Gasteiger partial charge in [0.2, 0.25) is 0 Å². The molecule has 0 spiro atoms. The molecular formula is C17H26N2O4S. The number of urea groups is 1. The van der Waals surface area contributed by atoms with Crippen molar-refractivity contribution in [3.05, 3.63) is 23.2 Å². The molecule has 1 aliphatic heterocycles. The van der Waals surface area contributed by atoms with Crippen LogP contribution >= 0.6 is 0 Å². The molecule has 2 N–H and O–H groups in total. The molecule has 7 heteroatoms. The second-order valence-corrected chi connectivity index (χ2v) is 10.1. The lowest BCUT2D eigenvalue weighted by molar-refractivity contribution is 0.212. The summed E-state index contributed by atoms with van der Waals surface area (Å²) in [6.45, 7) is 6.23. The zero-order valence-corrected chi connectivity index (χ0v) is 15.3. The van der Waals surface area contributed by atoms with E-state index in [0.29, 0.717) is 12.8 Å². The number of nitrogens with one attached hydrogen (secondary N) is 2. The molecule has 0 saturated carbocycles. The second kappa shape index (κ2) is 6.10. The molecule has 0 bridgehead atoms. The van der Waals surface area contributed by atoms with E-state index in [9.17, 15) is 13.2 Å². The molecule has 2 heterocycles. The summed E-state index contributed by atoms with van der Waals surface area (Å²) in [5.41, 5.74) is 1.09. The minimum absolute atomic E-state index is 0.0344. The summed E-state index contributed by atoms with van der Waals surface area (Å²) in [7, 11) is -3.03. The van der Waals surface area contributed by atoms with Crippen LogP contribution in [0.5, 0.6) is 0 Å². The fourth-order valence-electron chi connectivity index (χ4n) is 3.84. The standard InChI is InChI=1S/C17H26N2O4S/c1-11-7-13-14(8-17(2,3)9-15(13)23-11)19-16(20)18-12-5-4-6-24(21,22)10-12/h7,12,14H,4-6,8-10H2,1-3H3,(H2,18,19,20)/t12-,14-/m0/s1. The van der Waals surface area contributed by atoms with Crippen LogP contribution in [-0.2, 0) is 16.3 Å². The Morgan fingerprint density at radius 2 is 2.08 bits per heavy atom. The first-order valence-corrected chi connectivity index (χ1v) is 10.3. The molecule has 1 aromatic heterocycles. The fourth-order valence-corrected chi connectivity index (χ4v) is 5.47. The predicted molar refractivity (Wildman–Crippen MR) is 91.6 cm³/mol. The smallest absolute Gasteiger partial charge is 0.315 e. The van der Waals surface area contributed by atoms with Gasteiger partial charge in [-0.05, 0) is 37.7 Å². The number of carbonyl (C=O) groups is 1. The van der Waals surface area contributed by atoms with Crippen LogP contribution in [0.4, 0.5) is 4.79 Å². The van der Waals surface area contributed by atoms with Crippen LogP contribution in [0.2, 0.25) is 0 Å². The van der Waals surface area contributed by atoms with E-state index in [1.165, 1.54) is 0 Å². The van der Waals surface area contributed by atoms with Crippen LogP contribution < -0.4 is 10.6 Å². The van der Waals surface area contributed by atoms with E-state index in [1.807, 2.05) is 13.0 Å². The van der Waals surface area contributed by atoms with Crippen LogP contribution in [0.25, 0.3) is 0 Å². The Morgan fingerprint density at radius 3 is 2.79 bits per heavy atom. The summed E-state index contributed by atoms with van der Waals surface area (Å²) >= 11 is 0. The van der Waals surface area contributed by atoms with Gasteiger partial charge in [-0.3, -0.25) is 0 Å². The monoisotopic (exact) mass is 354 g/mol. The lowest BCUT2D eigenvalue weighted by Gasteiger charge is -2.35. The lowest BCUT2D eigenvalue weighted by atomic mass is 9.75. The van der Waals surface area contributed by atoms with Gasteiger partial charge in [-0.25, -0.2) is 13.2 Å². The van der Waals surface area contributed by atoms with E-state index in [-0.39, 0.29) is 35.0 Å². The molecule has 0 unspecified atom stereocenters. The van der Waals surface area contributed by atoms with E-state index in [4.69, 9.17) is 4.42 Å². The van der Waals surface area contributed by atoms with Crippen molar-refractivity contribution in [3.8, 4) is 0 Å². The van der Waals surface area contributed by atoms with Gasteiger partial charge >= 0.3 is 6.03 Å². The molecule has 2 atom stereocenters. The first kappa shape index (κ1) is 17.3. The summed E-state index contributed by atoms with van der Waals surface area (Å²) in [5, 5.41) is 5.84. The molecule has 0 aromatic carbocycles. The Bertz CT molecular complexity index is 736. The quantitative estimate of drug-likeness (QED) is 0.854. The number of amides is 2. The summed E-state index contributed by atoms with van der Waals surface area (Å²) < 4.78 is 29.2. The second-order valence-electron chi connectivity index (χ2n) is 7.90. The van der Waals surface area contributed by atoms with Gasteiger partial charge in [0, 0.05) is 18.0 Å². The molecule has 134 valence electrons. The van der Waals surface area contributed by atoms with Crippen molar-refractivity contribution in [3.63, 3.8) is 0 Å². The van der Waals surface area contributed by atoms with E-state index >= 15 is 0 Å². The molecule has 1 saturated heterocycles. The maximum Gasteiger partial charge on any atom is 0.315 e. The first-order valence-electron chi connectivity index (χ1n) is 8.50. The van der Waals surface area contributed by atoms with Gasteiger partial charge in [0.05, 0.1) is 17.5 Å². The summed E-state index contributed by atoms with van der Waals surface area (Å²) in [6.07, 6.45) is 3.00. The van der Waals surface area contributed by atoms with Crippen LogP contribution in [0.1, 0.15) is 56.2 Å². The van der Waals surface area contributed by atoms with Gasteiger partial charge in [0.25, 0.3) is 0 Å². The van der Waals surface area contributed by atoms with E-state index < -0.39 is 9.84 Å². The Labute approximate surface area is 143 Å². The molecule has 6 nitrogen and oxygen atoms in total. The molecule has 3 rings (SSSR count). The Hall–Kier alpha value is -1.50. The highest BCUT2D eigenvalue weighted by atomic mass is 32.2. The van der Waals surface area contributed by atoms with Crippen LogP contribution in [-0.4, -0.2) is 32.0 Å². The third kappa shape index (κ3) is 3.94. The summed E-state index contributed by atoms with van der Waals surface area (Å²) in [5.74, 6) is 2.05. The fraction of sp³-hybridized carbons (Fsp3) is 0.706. The number of rotatable bonds is 2. The average Bonchev–Trinajstić information content (AvgIpc) is 2.76. The van der Waals surface area contributed by atoms with Crippen LogP contribution in [0, 0.1) is 12.3 Å². The van der Waals surface area contributed by atoms with E-state index in [0.717, 1.165) is 29.9 Å². The number of aryl methyl sites for hydroxylation is 1. The van der Waals surface area contributed by atoms with Gasteiger partial charge in [0.15, 0.2) is 9.84 Å². The number of fused-ring (bicyclic) bond motifs is 1. The minimum Gasteiger partial charge on any atom is -0.466 e. The van der Waals surface area contributed by atoms with Crippen molar-refractivity contribution in [2.45, 2.75) is 58.5 Å². The van der Waals surface area contributed by atoms with Crippen LogP contribution in [0.15, 0.2) is 10.5 Å². The van der Waals surface area contributed by atoms with Crippen molar-refractivity contribution in [1.82, 2.24) is 10.6 Å². The molecule has 1 fully saturated rings. The highest BCUT2D eigenvalue weighted by Gasteiger charge is 2.36. The largest absolute Gasteiger partial charge is 0.466 e. The third-order valence-corrected chi connectivity index (χ3v) is 6.66. The maximum absolute atomic E-state index is 12.4. The number of sulfone groups is 1. The molecule has 1 aliphatic carbocycles. The lowest BCUT2D eigenvalue weighted by Crippen LogP contribution is -2.49. The molecule has 24 heavy (non-hydrogen) atoms. The normalized spacial score (nSPS) is 28.0. The maximum atomic E-state index is 12.4. The van der Waals surface area contributed by atoms with E-state index in [2.05, 4.69) is 24.5 Å². The van der Waals surface area contributed by atoms with Crippen molar-refractivity contribution in [2.24, 2.45) is 5.41 Å².